The second kappa shape index (κ2) is 10.1. The van der Waals surface area contributed by atoms with E-state index in [1.165, 1.54) is 18.2 Å². The number of aryl methyl sites for hydroxylation is 2. The summed E-state index contributed by atoms with van der Waals surface area (Å²) < 4.78 is 36.0. The smallest absolute Gasteiger partial charge is 0.335 e. The van der Waals surface area contributed by atoms with Crippen molar-refractivity contribution in [1.29, 1.82) is 0 Å². The first-order valence-corrected chi connectivity index (χ1v) is 12.9. The number of pyridine rings is 1. The highest BCUT2D eigenvalue weighted by atomic mass is 32.2. The number of fused-ring (bicyclic) bond motifs is 1. The SMILES string of the molecule is CCc1nc2c(cnn2CC)c(NC2CCOCC2)c1CNS(=O)(=O)c1cccc(C(=O)O)c1. The number of hydrogen-bond acceptors (Lipinski definition) is 7. The Morgan fingerprint density at radius 2 is 2.03 bits per heavy atom. The van der Waals surface area contributed by atoms with Gasteiger partial charge in [0.2, 0.25) is 10.0 Å². The Hall–Kier alpha value is -3.02. The second-order valence-corrected chi connectivity index (χ2v) is 9.92. The third-order valence-electron chi connectivity index (χ3n) is 6.01. The van der Waals surface area contributed by atoms with Crippen LogP contribution in [0.5, 0.6) is 0 Å². The van der Waals surface area contributed by atoms with Gasteiger partial charge in [-0.05, 0) is 44.4 Å². The molecule has 11 heteroatoms. The molecule has 1 aromatic carbocycles. The van der Waals surface area contributed by atoms with Crippen molar-refractivity contribution in [3.05, 3.63) is 47.3 Å². The van der Waals surface area contributed by atoms with E-state index < -0.39 is 16.0 Å². The molecular weight excluding hydrogens is 458 g/mol. The van der Waals surface area contributed by atoms with E-state index in [4.69, 9.17) is 9.72 Å². The molecule has 0 unspecified atom stereocenters. The van der Waals surface area contributed by atoms with Gasteiger partial charge in [0, 0.05) is 43.6 Å². The third-order valence-corrected chi connectivity index (χ3v) is 7.41. The van der Waals surface area contributed by atoms with Crippen LogP contribution in [0.3, 0.4) is 0 Å². The number of carbonyl (C=O) groups is 1. The third kappa shape index (κ3) is 4.91. The van der Waals surface area contributed by atoms with Crippen molar-refractivity contribution in [3.63, 3.8) is 0 Å². The number of nitrogens with one attached hydrogen (secondary N) is 2. The number of ether oxygens (including phenoxy) is 1. The zero-order valence-corrected chi connectivity index (χ0v) is 20.1. The van der Waals surface area contributed by atoms with Crippen molar-refractivity contribution in [2.24, 2.45) is 0 Å². The molecule has 0 atom stereocenters. The van der Waals surface area contributed by atoms with Gasteiger partial charge in [0.25, 0.3) is 0 Å². The number of benzene rings is 1. The molecule has 0 amide bonds. The Morgan fingerprint density at radius 1 is 1.26 bits per heavy atom. The van der Waals surface area contributed by atoms with Crippen LogP contribution in [0.25, 0.3) is 11.0 Å². The Bertz CT molecular complexity index is 1300. The van der Waals surface area contributed by atoms with Gasteiger partial charge < -0.3 is 15.2 Å². The molecule has 0 bridgehead atoms. The van der Waals surface area contributed by atoms with Gasteiger partial charge in [0.05, 0.1) is 27.7 Å². The van der Waals surface area contributed by atoms with Gasteiger partial charge in [0.1, 0.15) is 0 Å². The average Bonchev–Trinajstić information content (AvgIpc) is 3.26. The summed E-state index contributed by atoms with van der Waals surface area (Å²) in [5.41, 5.74) is 3.04. The van der Waals surface area contributed by atoms with Gasteiger partial charge in [-0.1, -0.05) is 13.0 Å². The lowest BCUT2D eigenvalue weighted by Crippen LogP contribution is -2.30. The molecule has 1 aliphatic rings. The fraction of sp³-hybridized carbons (Fsp3) is 0.435. The van der Waals surface area contributed by atoms with E-state index in [1.54, 1.807) is 6.20 Å². The van der Waals surface area contributed by atoms with Crippen molar-refractivity contribution in [2.45, 2.75) is 57.1 Å². The van der Waals surface area contributed by atoms with Crippen LogP contribution in [0, 0.1) is 0 Å². The number of hydrogen-bond donors (Lipinski definition) is 3. The van der Waals surface area contributed by atoms with Gasteiger partial charge in [-0.2, -0.15) is 5.10 Å². The first-order chi connectivity index (χ1) is 16.3. The van der Waals surface area contributed by atoms with Crippen molar-refractivity contribution in [2.75, 3.05) is 18.5 Å². The Labute approximate surface area is 198 Å². The van der Waals surface area contributed by atoms with Gasteiger partial charge in [-0.15, -0.1) is 0 Å². The minimum absolute atomic E-state index is 0.00854. The molecule has 0 saturated carbocycles. The maximum absolute atomic E-state index is 13.0. The Morgan fingerprint density at radius 3 is 2.71 bits per heavy atom. The minimum atomic E-state index is -3.95. The van der Waals surface area contributed by atoms with Gasteiger partial charge in [-0.3, -0.25) is 0 Å². The van der Waals surface area contributed by atoms with Gasteiger partial charge >= 0.3 is 5.97 Å². The standard InChI is InChI=1S/C23H29N5O5S/c1-3-20-18(14-25-34(31,32)17-7-5-6-15(12-17)23(29)30)21(26-16-8-10-33-11-9-16)19-13-24-28(4-2)22(19)27-20/h5-7,12-13,16,25H,3-4,8-11,14H2,1-2H3,(H,26,27)(H,29,30). The van der Waals surface area contributed by atoms with Crippen LogP contribution in [0.2, 0.25) is 0 Å². The lowest BCUT2D eigenvalue weighted by molar-refractivity contribution is 0.0696. The molecule has 2 aromatic heterocycles. The van der Waals surface area contributed by atoms with Crippen LogP contribution in [0.15, 0.2) is 35.4 Å². The van der Waals surface area contributed by atoms with Crippen LogP contribution in [0.1, 0.15) is 48.3 Å². The molecule has 0 spiro atoms. The summed E-state index contributed by atoms with van der Waals surface area (Å²) in [6.45, 7) is 5.99. The molecule has 10 nitrogen and oxygen atoms in total. The van der Waals surface area contributed by atoms with E-state index >= 15 is 0 Å². The number of carboxylic acid groups (broad SMARTS) is 1. The average molecular weight is 488 g/mol. The molecule has 3 aromatic rings. The topological polar surface area (TPSA) is 135 Å². The number of carboxylic acids is 1. The number of aromatic carboxylic acids is 1. The molecule has 4 rings (SSSR count). The Balaban J connectivity index is 1.72. The van der Waals surface area contributed by atoms with Crippen LogP contribution in [0.4, 0.5) is 5.69 Å². The number of aromatic nitrogens is 3. The number of sulfonamides is 1. The van der Waals surface area contributed by atoms with E-state index in [0.29, 0.717) is 26.2 Å². The van der Waals surface area contributed by atoms with Crippen LogP contribution >= 0.6 is 0 Å². The molecule has 0 aliphatic carbocycles. The zero-order chi connectivity index (χ0) is 24.3. The molecule has 3 heterocycles. The van der Waals surface area contributed by atoms with Crippen LogP contribution in [-0.2, 0) is 34.3 Å². The highest BCUT2D eigenvalue weighted by molar-refractivity contribution is 7.89. The van der Waals surface area contributed by atoms with Crippen molar-refractivity contribution >= 4 is 32.7 Å². The summed E-state index contributed by atoms with van der Waals surface area (Å²) in [7, 11) is -3.95. The van der Waals surface area contributed by atoms with Crippen molar-refractivity contribution in [3.8, 4) is 0 Å². The fourth-order valence-corrected chi connectivity index (χ4v) is 5.19. The van der Waals surface area contributed by atoms with E-state index in [1.807, 2.05) is 18.5 Å². The van der Waals surface area contributed by atoms with E-state index in [9.17, 15) is 18.3 Å². The minimum Gasteiger partial charge on any atom is -0.478 e. The van der Waals surface area contributed by atoms with Crippen molar-refractivity contribution in [1.82, 2.24) is 19.5 Å². The lowest BCUT2D eigenvalue weighted by Gasteiger charge is -2.26. The molecular formula is C23H29N5O5S. The predicted octanol–water partition coefficient (Wildman–Crippen LogP) is 2.78. The summed E-state index contributed by atoms with van der Waals surface area (Å²) >= 11 is 0. The van der Waals surface area contributed by atoms with Crippen LogP contribution in [-0.4, -0.2) is 53.5 Å². The maximum atomic E-state index is 13.0. The predicted molar refractivity (Wildman–Crippen MR) is 127 cm³/mol. The van der Waals surface area contributed by atoms with Gasteiger partial charge in [-0.25, -0.2) is 27.6 Å². The molecule has 0 radical (unpaired) electrons. The highest BCUT2D eigenvalue weighted by Crippen LogP contribution is 2.31. The van der Waals surface area contributed by atoms with Crippen LogP contribution < -0.4 is 10.0 Å². The summed E-state index contributed by atoms with van der Waals surface area (Å²) in [6, 6.07) is 5.50. The normalized spacial score (nSPS) is 15.0. The summed E-state index contributed by atoms with van der Waals surface area (Å²) in [6.07, 6.45) is 4.07. The first kappa shape index (κ1) is 24.1. The maximum Gasteiger partial charge on any atom is 0.335 e. The molecule has 3 N–H and O–H groups in total. The monoisotopic (exact) mass is 487 g/mol. The van der Waals surface area contributed by atoms with Gasteiger partial charge in [0.15, 0.2) is 5.65 Å². The number of anilines is 1. The molecule has 34 heavy (non-hydrogen) atoms. The second-order valence-electron chi connectivity index (χ2n) is 8.15. The van der Waals surface area contributed by atoms with Crippen molar-refractivity contribution < 1.29 is 23.1 Å². The molecule has 1 aliphatic heterocycles. The molecule has 1 saturated heterocycles. The zero-order valence-electron chi connectivity index (χ0n) is 19.2. The summed E-state index contributed by atoms with van der Waals surface area (Å²) in [4.78, 5) is 16.0. The summed E-state index contributed by atoms with van der Waals surface area (Å²) in [5, 5.41) is 18.1. The summed E-state index contributed by atoms with van der Waals surface area (Å²) in [5.74, 6) is -1.18. The first-order valence-electron chi connectivity index (χ1n) is 11.4. The number of nitrogens with zero attached hydrogens (tertiary/aromatic N) is 3. The lowest BCUT2D eigenvalue weighted by atomic mass is 10.0. The fourth-order valence-electron chi connectivity index (χ4n) is 4.15. The van der Waals surface area contributed by atoms with E-state index in [-0.39, 0.29) is 23.0 Å². The quantitative estimate of drug-likeness (QED) is 0.419. The highest BCUT2D eigenvalue weighted by Gasteiger charge is 2.23. The molecule has 182 valence electrons. The largest absolute Gasteiger partial charge is 0.478 e. The van der Waals surface area contributed by atoms with E-state index in [0.717, 1.165) is 46.9 Å². The number of rotatable bonds is 9. The molecule has 1 fully saturated rings. The Kier molecular flexibility index (Phi) is 7.15. The van der Waals surface area contributed by atoms with E-state index in [2.05, 4.69) is 15.1 Å².